The van der Waals surface area contributed by atoms with Crippen molar-refractivity contribution < 1.29 is 19.4 Å². The quantitative estimate of drug-likeness (QED) is 0.647. The molecule has 4 heteroatoms. The number of Topliss-reactive ketones (excluding diaryl/α,β-unsaturated/α-hetero) is 1. The van der Waals surface area contributed by atoms with Gasteiger partial charge in [0.15, 0.2) is 11.5 Å². The lowest BCUT2D eigenvalue weighted by Gasteiger charge is -1.95. The molecule has 0 aromatic carbocycles. The molecule has 1 heterocycles. The summed E-state index contributed by atoms with van der Waals surface area (Å²) in [6, 6.07) is 0. The third kappa shape index (κ3) is 1.39. The number of carbonyl (C=O) groups is 1. The van der Waals surface area contributed by atoms with Gasteiger partial charge in [0.05, 0.1) is 19.5 Å². The average Bonchev–Trinajstić information content (AvgIpc) is 2.46. The third-order valence-electron chi connectivity index (χ3n) is 1.63. The molecule has 12 heavy (non-hydrogen) atoms. The normalized spacial score (nSPS) is 10.2. The van der Waals surface area contributed by atoms with Gasteiger partial charge >= 0.3 is 0 Å². The van der Waals surface area contributed by atoms with Crippen molar-refractivity contribution in [2.45, 2.75) is 20.1 Å². The molecule has 0 amide bonds. The molecule has 0 fully saturated rings. The van der Waals surface area contributed by atoms with Gasteiger partial charge in [0, 0.05) is 18.1 Å². The summed E-state index contributed by atoms with van der Waals surface area (Å²) in [6.07, 6.45) is 1.28. The molecule has 0 aliphatic carbocycles. The Kier molecular flexibility index (Phi) is 2.62. The molecule has 1 aromatic rings. The first kappa shape index (κ1) is 8.96. The highest BCUT2D eigenvalue weighted by Crippen LogP contribution is 2.17. The highest BCUT2D eigenvalue weighted by atomic mass is 16.3. The van der Waals surface area contributed by atoms with Crippen molar-refractivity contribution in [2.75, 3.05) is 0 Å². The lowest BCUT2D eigenvalue weighted by Crippen LogP contribution is -1.97. The molecule has 66 valence electrons. The molecule has 1 rings (SSSR count). The lowest BCUT2D eigenvalue weighted by atomic mass is 10.1. The van der Waals surface area contributed by atoms with Gasteiger partial charge in [0.2, 0.25) is 0 Å². The zero-order chi connectivity index (χ0) is 9.14. The average molecular weight is 170 g/mol. The number of carbonyl (C=O) groups excluding carboxylic acids is 1. The van der Waals surface area contributed by atoms with Gasteiger partial charge in [-0.05, 0) is 0 Å². The van der Waals surface area contributed by atoms with Gasteiger partial charge in [-0.25, -0.2) is 0 Å². The summed E-state index contributed by atoms with van der Waals surface area (Å²) in [5.41, 5.74) is 0.840. The predicted octanol–water partition coefficient (Wildman–Crippen LogP) is 0.467. The molecule has 0 aliphatic heterocycles. The number of ketones is 1. The molecule has 0 aliphatic rings. The Labute approximate surface area is 69.4 Å². The third-order valence-corrected chi connectivity index (χ3v) is 1.63. The van der Waals surface area contributed by atoms with Crippen LogP contribution >= 0.6 is 0 Å². The summed E-state index contributed by atoms with van der Waals surface area (Å²) >= 11 is 0. The fraction of sp³-hybridized carbons (Fsp3) is 0.375. The molecular formula is C8H10O4. The smallest absolute Gasteiger partial charge is 0.195 e. The monoisotopic (exact) mass is 170 g/mol. The molecule has 1 aromatic heterocycles. The molecule has 0 bridgehead atoms. The summed E-state index contributed by atoms with van der Waals surface area (Å²) in [6.45, 7) is 0.827. The summed E-state index contributed by atoms with van der Waals surface area (Å²) in [7, 11) is 0. The van der Waals surface area contributed by atoms with Gasteiger partial charge in [-0.2, -0.15) is 0 Å². The van der Waals surface area contributed by atoms with E-state index in [9.17, 15) is 4.79 Å². The van der Waals surface area contributed by atoms with E-state index in [4.69, 9.17) is 14.6 Å². The van der Waals surface area contributed by atoms with Gasteiger partial charge in [0.25, 0.3) is 0 Å². The number of rotatable bonds is 3. The molecule has 0 spiro atoms. The van der Waals surface area contributed by atoms with Crippen molar-refractivity contribution in [2.24, 2.45) is 0 Å². The minimum atomic E-state index is -0.290. The van der Waals surface area contributed by atoms with Crippen molar-refractivity contribution in [1.82, 2.24) is 0 Å². The number of hydrogen-bond donors (Lipinski definition) is 2. The van der Waals surface area contributed by atoms with E-state index in [-0.39, 0.29) is 24.8 Å². The Morgan fingerprint density at radius 2 is 2.17 bits per heavy atom. The fourth-order valence-electron chi connectivity index (χ4n) is 1.02. The largest absolute Gasteiger partial charge is 0.460 e. The van der Waals surface area contributed by atoms with Crippen molar-refractivity contribution >= 4 is 5.78 Å². The number of aliphatic hydroxyl groups excluding tert-OH is 2. The molecule has 0 radical (unpaired) electrons. The molecule has 2 N–H and O–H groups in total. The molecular weight excluding hydrogens is 160 g/mol. The van der Waals surface area contributed by atoms with Gasteiger partial charge in [-0.3, -0.25) is 4.79 Å². The van der Waals surface area contributed by atoms with Gasteiger partial charge in [-0.1, -0.05) is 0 Å². The first-order valence-electron chi connectivity index (χ1n) is 3.52. The summed E-state index contributed by atoms with van der Waals surface area (Å²) < 4.78 is 4.87. The molecule has 0 unspecified atom stereocenters. The van der Waals surface area contributed by atoms with Crippen LogP contribution in [0, 0.1) is 0 Å². The SMILES string of the molecule is CC(=O)c1occ(CO)c1CO. The van der Waals surface area contributed by atoms with Crippen molar-refractivity contribution in [1.29, 1.82) is 0 Å². The highest BCUT2D eigenvalue weighted by Gasteiger charge is 2.15. The molecule has 0 atom stereocenters. The maximum Gasteiger partial charge on any atom is 0.195 e. The van der Waals surface area contributed by atoms with E-state index in [2.05, 4.69) is 0 Å². The Morgan fingerprint density at radius 3 is 2.58 bits per heavy atom. The van der Waals surface area contributed by atoms with E-state index < -0.39 is 0 Å². The maximum absolute atomic E-state index is 10.9. The van der Waals surface area contributed by atoms with Crippen LogP contribution in [0.25, 0.3) is 0 Å². The fourth-order valence-corrected chi connectivity index (χ4v) is 1.02. The lowest BCUT2D eigenvalue weighted by molar-refractivity contribution is 0.0983. The van der Waals surface area contributed by atoms with E-state index in [1.54, 1.807) is 0 Å². The van der Waals surface area contributed by atoms with Crippen LogP contribution in [-0.2, 0) is 13.2 Å². The zero-order valence-electron chi connectivity index (χ0n) is 6.70. The summed E-state index contributed by atoms with van der Waals surface area (Å²) in [5.74, 6) is -0.125. The van der Waals surface area contributed by atoms with Gasteiger partial charge < -0.3 is 14.6 Å². The Morgan fingerprint density at radius 1 is 1.50 bits per heavy atom. The maximum atomic E-state index is 10.9. The van der Waals surface area contributed by atoms with Crippen LogP contribution in [0.15, 0.2) is 10.7 Å². The second-order valence-electron chi connectivity index (χ2n) is 2.44. The topological polar surface area (TPSA) is 70.7 Å². The Hall–Kier alpha value is -1.13. The number of aliphatic hydroxyl groups is 2. The zero-order valence-corrected chi connectivity index (χ0v) is 6.70. The van der Waals surface area contributed by atoms with Crippen LogP contribution in [0.1, 0.15) is 28.6 Å². The van der Waals surface area contributed by atoms with Gasteiger partial charge in [0.1, 0.15) is 0 Å². The first-order chi connectivity index (χ1) is 5.70. The van der Waals surface area contributed by atoms with Crippen LogP contribution in [-0.4, -0.2) is 16.0 Å². The van der Waals surface area contributed by atoms with E-state index in [0.29, 0.717) is 11.1 Å². The Bertz CT molecular complexity index is 287. The predicted molar refractivity (Wildman–Crippen MR) is 40.6 cm³/mol. The number of furan rings is 1. The van der Waals surface area contributed by atoms with Gasteiger partial charge in [-0.15, -0.1) is 0 Å². The summed E-state index contributed by atoms with van der Waals surface area (Å²) in [5, 5.41) is 17.6. The van der Waals surface area contributed by atoms with Crippen molar-refractivity contribution in [3.8, 4) is 0 Å². The highest BCUT2D eigenvalue weighted by molar-refractivity contribution is 5.93. The molecule has 0 saturated carbocycles. The van der Waals surface area contributed by atoms with Crippen molar-refractivity contribution in [3.63, 3.8) is 0 Å². The summed E-state index contributed by atoms with van der Waals surface area (Å²) in [4.78, 5) is 10.9. The Balaban J connectivity index is 3.13. The van der Waals surface area contributed by atoms with Crippen LogP contribution in [0.4, 0.5) is 0 Å². The van der Waals surface area contributed by atoms with E-state index in [0.717, 1.165) is 0 Å². The molecule has 4 nitrogen and oxygen atoms in total. The van der Waals surface area contributed by atoms with Crippen LogP contribution in [0.5, 0.6) is 0 Å². The van der Waals surface area contributed by atoms with Crippen molar-refractivity contribution in [3.05, 3.63) is 23.2 Å². The van der Waals surface area contributed by atoms with Crippen LogP contribution in [0.2, 0.25) is 0 Å². The van der Waals surface area contributed by atoms with E-state index in [1.807, 2.05) is 0 Å². The van der Waals surface area contributed by atoms with Crippen LogP contribution in [0.3, 0.4) is 0 Å². The second-order valence-corrected chi connectivity index (χ2v) is 2.44. The molecule has 0 saturated heterocycles. The second kappa shape index (κ2) is 3.51. The minimum Gasteiger partial charge on any atom is -0.460 e. The number of hydrogen-bond acceptors (Lipinski definition) is 4. The van der Waals surface area contributed by atoms with E-state index >= 15 is 0 Å². The van der Waals surface area contributed by atoms with Crippen LogP contribution < -0.4 is 0 Å². The van der Waals surface area contributed by atoms with E-state index in [1.165, 1.54) is 13.2 Å². The minimum absolute atomic E-state index is 0.126. The first-order valence-corrected chi connectivity index (χ1v) is 3.52. The standard InChI is InChI=1S/C8H10O4/c1-5(11)8-7(3-10)6(2-9)4-12-8/h4,9-10H,2-3H2,1H3.